The maximum atomic E-state index is 12.2. The van der Waals surface area contributed by atoms with E-state index >= 15 is 0 Å². The highest BCUT2D eigenvalue weighted by atomic mass is 19.4. The summed E-state index contributed by atoms with van der Waals surface area (Å²) in [6.45, 7) is 0. The van der Waals surface area contributed by atoms with Crippen molar-refractivity contribution in [3.63, 3.8) is 0 Å². The van der Waals surface area contributed by atoms with E-state index in [1.165, 1.54) is 6.07 Å². The summed E-state index contributed by atoms with van der Waals surface area (Å²) in [5.74, 6) is -0.628. The predicted octanol–water partition coefficient (Wildman–Crippen LogP) is 2.33. The van der Waals surface area contributed by atoms with Crippen molar-refractivity contribution in [2.24, 2.45) is 0 Å². The summed E-state index contributed by atoms with van der Waals surface area (Å²) < 4.78 is 40.2. The molecule has 0 aliphatic carbocycles. The van der Waals surface area contributed by atoms with Crippen molar-refractivity contribution in [2.45, 2.75) is 6.36 Å². The molecule has 19 heavy (non-hydrogen) atoms. The Morgan fingerprint density at radius 2 is 2.00 bits per heavy atom. The Hall–Kier alpha value is -2.58. The number of benzene rings is 1. The summed E-state index contributed by atoms with van der Waals surface area (Å²) in [5.41, 5.74) is -1.99. The van der Waals surface area contributed by atoms with Crippen molar-refractivity contribution in [2.75, 3.05) is 0 Å². The maximum absolute atomic E-state index is 12.2. The maximum Gasteiger partial charge on any atom is 0.573 e. The van der Waals surface area contributed by atoms with E-state index in [4.69, 9.17) is 0 Å². The SMILES string of the molecule is O=c1c([N+](=O)[O-])c[nH]c2c(OC(F)(F)F)cccc12. The number of alkyl halides is 3. The average molecular weight is 274 g/mol. The van der Waals surface area contributed by atoms with E-state index in [0.717, 1.165) is 18.3 Å². The van der Waals surface area contributed by atoms with Crippen LogP contribution in [0.25, 0.3) is 10.9 Å². The van der Waals surface area contributed by atoms with Crippen molar-refractivity contribution in [1.82, 2.24) is 4.98 Å². The smallest absolute Gasteiger partial charge is 0.404 e. The number of para-hydroxylation sites is 1. The molecule has 1 N–H and O–H groups in total. The van der Waals surface area contributed by atoms with Gasteiger partial charge in [0.05, 0.1) is 22.0 Å². The summed E-state index contributed by atoms with van der Waals surface area (Å²) in [5, 5.41) is 10.3. The summed E-state index contributed by atoms with van der Waals surface area (Å²) in [6, 6.07) is 3.31. The Kier molecular flexibility index (Phi) is 2.89. The number of rotatable bonds is 2. The number of halogens is 3. The van der Waals surface area contributed by atoms with E-state index < -0.39 is 28.2 Å². The van der Waals surface area contributed by atoms with E-state index in [0.29, 0.717) is 0 Å². The van der Waals surface area contributed by atoms with Gasteiger partial charge in [0.1, 0.15) is 0 Å². The zero-order valence-corrected chi connectivity index (χ0v) is 9.02. The van der Waals surface area contributed by atoms with Crippen LogP contribution < -0.4 is 10.2 Å². The Labute approximate surface area is 102 Å². The molecule has 2 aromatic rings. The number of aromatic amines is 1. The fraction of sp³-hybridized carbons (Fsp3) is 0.100. The van der Waals surface area contributed by atoms with Crippen LogP contribution in [0.3, 0.4) is 0 Å². The van der Waals surface area contributed by atoms with E-state index in [1.54, 1.807) is 0 Å². The van der Waals surface area contributed by atoms with Gasteiger partial charge < -0.3 is 9.72 Å². The lowest BCUT2D eigenvalue weighted by Gasteiger charge is -2.10. The average Bonchev–Trinajstić information content (AvgIpc) is 2.28. The summed E-state index contributed by atoms with van der Waals surface area (Å²) in [6.07, 6.45) is -4.19. The summed E-state index contributed by atoms with van der Waals surface area (Å²) in [7, 11) is 0. The van der Waals surface area contributed by atoms with E-state index in [-0.39, 0.29) is 10.9 Å². The molecule has 0 saturated carbocycles. The zero-order chi connectivity index (χ0) is 14.2. The molecule has 0 bridgehead atoms. The standard InChI is InChI=1S/C10H5F3N2O4/c11-10(12,13)19-7-3-1-2-5-8(7)14-4-6(9(5)16)15(17)18/h1-4H,(H,14,16). The minimum Gasteiger partial charge on any atom is -0.404 e. The monoisotopic (exact) mass is 274 g/mol. The molecule has 0 saturated heterocycles. The number of nitrogens with one attached hydrogen (secondary N) is 1. The van der Waals surface area contributed by atoms with Crippen LogP contribution in [0.2, 0.25) is 0 Å². The van der Waals surface area contributed by atoms with Crippen LogP contribution in [-0.4, -0.2) is 16.3 Å². The molecule has 1 aromatic heterocycles. The first-order valence-electron chi connectivity index (χ1n) is 4.84. The van der Waals surface area contributed by atoms with Crippen molar-refractivity contribution in [1.29, 1.82) is 0 Å². The fourth-order valence-electron chi connectivity index (χ4n) is 1.56. The van der Waals surface area contributed by atoms with E-state index in [9.17, 15) is 28.1 Å². The number of H-pyrrole nitrogens is 1. The second-order valence-corrected chi connectivity index (χ2v) is 3.49. The molecule has 0 spiro atoms. The normalized spacial score (nSPS) is 11.5. The molecule has 9 heteroatoms. The van der Waals surface area contributed by atoms with Crippen LogP contribution in [0, 0.1) is 10.1 Å². The largest absolute Gasteiger partial charge is 0.573 e. The molecule has 0 aliphatic rings. The number of fused-ring (bicyclic) bond motifs is 1. The molecule has 0 radical (unpaired) electrons. The molecular formula is C10H5F3N2O4. The molecule has 6 nitrogen and oxygen atoms in total. The van der Waals surface area contributed by atoms with Crippen molar-refractivity contribution < 1.29 is 22.8 Å². The van der Waals surface area contributed by atoms with Crippen LogP contribution in [0.15, 0.2) is 29.2 Å². The number of aromatic nitrogens is 1. The lowest BCUT2D eigenvalue weighted by Crippen LogP contribution is -2.18. The van der Waals surface area contributed by atoms with Gasteiger partial charge in [-0.1, -0.05) is 6.07 Å². The van der Waals surface area contributed by atoms with Gasteiger partial charge in [0.2, 0.25) is 0 Å². The molecule has 0 atom stereocenters. The number of hydrogen-bond acceptors (Lipinski definition) is 4. The minimum atomic E-state index is -4.92. The van der Waals surface area contributed by atoms with Crippen LogP contribution >= 0.6 is 0 Å². The van der Waals surface area contributed by atoms with Gasteiger partial charge in [0, 0.05) is 0 Å². The number of nitro groups is 1. The predicted molar refractivity (Wildman–Crippen MR) is 57.9 cm³/mol. The minimum absolute atomic E-state index is 0.254. The Morgan fingerprint density at radius 3 is 2.58 bits per heavy atom. The molecule has 100 valence electrons. The van der Waals surface area contributed by atoms with Gasteiger partial charge in [-0.3, -0.25) is 14.9 Å². The van der Waals surface area contributed by atoms with Gasteiger partial charge in [0.15, 0.2) is 5.75 Å². The van der Waals surface area contributed by atoms with Crippen molar-refractivity contribution in [3.05, 3.63) is 44.7 Å². The molecule has 2 rings (SSSR count). The number of pyridine rings is 1. The number of hydrogen-bond donors (Lipinski definition) is 1. The van der Waals surface area contributed by atoms with Crippen LogP contribution in [0.4, 0.5) is 18.9 Å². The molecule has 0 amide bonds. The molecule has 1 heterocycles. The lowest BCUT2D eigenvalue weighted by molar-refractivity contribution is -0.386. The number of ether oxygens (including phenoxy) is 1. The third-order valence-corrected chi connectivity index (χ3v) is 2.28. The van der Waals surface area contributed by atoms with Gasteiger partial charge in [-0.05, 0) is 12.1 Å². The second-order valence-electron chi connectivity index (χ2n) is 3.49. The highest BCUT2D eigenvalue weighted by Crippen LogP contribution is 2.28. The molecular weight excluding hydrogens is 269 g/mol. The van der Waals surface area contributed by atoms with Gasteiger partial charge in [-0.2, -0.15) is 0 Å². The van der Waals surface area contributed by atoms with Crippen LogP contribution in [0.5, 0.6) is 5.75 Å². The van der Waals surface area contributed by atoms with Crippen molar-refractivity contribution in [3.8, 4) is 5.75 Å². The van der Waals surface area contributed by atoms with Gasteiger partial charge in [0.25, 0.3) is 5.43 Å². The van der Waals surface area contributed by atoms with Gasteiger partial charge in [-0.15, -0.1) is 13.2 Å². The first kappa shape index (κ1) is 12.9. The third kappa shape index (κ3) is 2.49. The highest BCUT2D eigenvalue weighted by molar-refractivity contribution is 5.85. The molecule has 0 fully saturated rings. The summed E-state index contributed by atoms with van der Waals surface area (Å²) >= 11 is 0. The Morgan fingerprint density at radius 1 is 1.32 bits per heavy atom. The highest BCUT2D eigenvalue weighted by Gasteiger charge is 2.32. The first-order chi connectivity index (χ1) is 8.79. The van der Waals surface area contributed by atoms with Crippen LogP contribution in [-0.2, 0) is 0 Å². The fourth-order valence-corrected chi connectivity index (χ4v) is 1.56. The van der Waals surface area contributed by atoms with E-state index in [1.807, 2.05) is 0 Å². The van der Waals surface area contributed by atoms with E-state index in [2.05, 4.69) is 9.72 Å². The third-order valence-electron chi connectivity index (χ3n) is 2.28. The molecule has 0 aliphatic heterocycles. The summed E-state index contributed by atoms with van der Waals surface area (Å²) in [4.78, 5) is 23.6. The first-order valence-corrected chi connectivity index (χ1v) is 4.84. The van der Waals surface area contributed by atoms with Crippen LogP contribution in [0.1, 0.15) is 0 Å². The quantitative estimate of drug-likeness (QED) is 0.672. The zero-order valence-electron chi connectivity index (χ0n) is 9.02. The molecule has 1 aromatic carbocycles. The van der Waals surface area contributed by atoms with Crippen molar-refractivity contribution >= 4 is 16.6 Å². The van der Waals surface area contributed by atoms with Gasteiger partial charge in [-0.25, -0.2) is 0 Å². The van der Waals surface area contributed by atoms with Gasteiger partial charge >= 0.3 is 12.0 Å². The Balaban J connectivity index is 2.69. The second kappa shape index (κ2) is 4.26. The lowest BCUT2D eigenvalue weighted by atomic mass is 10.2. The molecule has 0 unspecified atom stereocenters. The topological polar surface area (TPSA) is 85.2 Å². The number of nitrogens with zero attached hydrogens (tertiary/aromatic N) is 1. The Bertz CT molecular complexity index is 708.